The van der Waals surface area contributed by atoms with Crippen LogP contribution in [0.1, 0.15) is 23.3 Å². The van der Waals surface area contributed by atoms with Crippen LogP contribution in [0.3, 0.4) is 0 Å². The minimum absolute atomic E-state index is 0.0906. The molecule has 0 bridgehead atoms. The molecule has 0 radical (unpaired) electrons. The van der Waals surface area contributed by atoms with Gasteiger partial charge in [-0.25, -0.2) is 18.1 Å². The van der Waals surface area contributed by atoms with Crippen LogP contribution < -0.4 is 4.72 Å². The zero-order chi connectivity index (χ0) is 15.0. The SMILES string of the molecule is CS(=O)(=O)N[C@@H]1CN(C(=O)c2cscn2)[C@H]2CCCO[C@@H]12. The van der Waals surface area contributed by atoms with Crippen molar-refractivity contribution in [3.8, 4) is 0 Å². The van der Waals surface area contributed by atoms with Gasteiger partial charge in [0.05, 0.1) is 30.0 Å². The third-order valence-electron chi connectivity index (χ3n) is 3.80. The van der Waals surface area contributed by atoms with Crippen molar-refractivity contribution in [2.45, 2.75) is 31.0 Å². The standard InChI is InChI=1S/C12H17N3O4S2/c1-21(17,18)14-8-5-15(10-3-2-4-19-11(8)10)12(16)9-6-20-7-13-9/h6-8,10-11,14H,2-5H2,1H3/t8-,10+,11+/m1/s1. The van der Waals surface area contributed by atoms with Crippen LogP contribution in [0.2, 0.25) is 0 Å². The number of nitrogens with one attached hydrogen (secondary N) is 1. The molecule has 9 heteroatoms. The molecule has 0 unspecified atom stereocenters. The smallest absolute Gasteiger partial charge is 0.273 e. The van der Waals surface area contributed by atoms with E-state index in [4.69, 9.17) is 4.74 Å². The number of nitrogens with zero attached hydrogens (tertiary/aromatic N) is 2. The zero-order valence-corrected chi connectivity index (χ0v) is 13.2. The topological polar surface area (TPSA) is 88.6 Å². The Morgan fingerprint density at radius 1 is 1.57 bits per heavy atom. The number of likely N-dealkylation sites (tertiary alicyclic amines) is 1. The lowest BCUT2D eigenvalue weighted by molar-refractivity contribution is -0.0157. The first kappa shape index (κ1) is 14.9. The summed E-state index contributed by atoms with van der Waals surface area (Å²) in [5.41, 5.74) is 2.02. The van der Waals surface area contributed by atoms with Crippen LogP contribution in [0.15, 0.2) is 10.9 Å². The predicted octanol–water partition coefficient (Wildman–Crippen LogP) is 0.0643. The van der Waals surface area contributed by atoms with E-state index in [1.165, 1.54) is 11.3 Å². The highest BCUT2D eigenvalue weighted by molar-refractivity contribution is 7.88. The molecular formula is C12H17N3O4S2. The van der Waals surface area contributed by atoms with Gasteiger partial charge in [-0.3, -0.25) is 4.79 Å². The number of carbonyl (C=O) groups excluding carboxylic acids is 1. The molecule has 2 saturated heterocycles. The summed E-state index contributed by atoms with van der Waals surface area (Å²) in [6.45, 7) is 0.917. The molecule has 2 aliphatic rings. The van der Waals surface area contributed by atoms with E-state index in [0.29, 0.717) is 18.8 Å². The lowest BCUT2D eigenvalue weighted by atomic mass is 10.0. The van der Waals surface area contributed by atoms with Gasteiger partial charge in [0.1, 0.15) is 5.69 Å². The lowest BCUT2D eigenvalue weighted by Crippen LogP contribution is -2.47. The van der Waals surface area contributed by atoms with Gasteiger partial charge in [-0.15, -0.1) is 11.3 Å². The molecule has 7 nitrogen and oxygen atoms in total. The molecule has 2 aliphatic heterocycles. The molecule has 0 aliphatic carbocycles. The number of rotatable bonds is 3. The molecule has 3 rings (SSSR count). The molecule has 1 aromatic rings. The van der Waals surface area contributed by atoms with Crippen LogP contribution in [0.4, 0.5) is 0 Å². The number of hydrogen-bond acceptors (Lipinski definition) is 6. The second-order valence-corrected chi connectivity index (χ2v) is 7.87. The van der Waals surface area contributed by atoms with Gasteiger partial charge in [0.2, 0.25) is 10.0 Å². The van der Waals surface area contributed by atoms with Gasteiger partial charge >= 0.3 is 0 Å². The van der Waals surface area contributed by atoms with Crippen LogP contribution in [0, 0.1) is 0 Å². The number of hydrogen-bond donors (Lipinski definition) is 1. The summed E-state index contributed by atoms with van der Waals surface area (Å²) < 4.78 is 31.3. The highest BCUT2D eigenvalue weighted by atomic mass is 32.2. The largest absolute Gasteiger partial charge is 0.374 e. The van der Waals surface area contributed by atoms with Crippen LogP contribution >= 0.6 is 11.3 Å². The highest BCUT2D eigenvalue weighted by Gasteiger charge is 2.47. The Hall–Kier alpha value is -1.03. The van der Waals surface area contributed by atoms with Gasteiger partial charge in [0, 0.05) is 18.5 Å². The predicted molar refractivity (Wildman–Crippen MR) is 77.7 cm³/mol. The molecule has 0 aromatic carbocycles. The summed E-state index contributed by atoms with van der Waals surface area (Å²) >= 11 is 1.37. The summed E-state index contributed by atoms with van der Waals surface area (Å²) in [5.74, 6) is -0.158. The summed E-state index contributed by atoms with van der Waals surface area (Å²) in [5, 5.41) is 1.71. The average Bonchev–Trinajstić information content (AvgIpc) is 3.05. The summed E-state index contributed by atoms with van der Waals surface area (Å²) in [6.07, 6.45) is 2.53. The molecular weight excluding hydrogens is 314 g/mol. The lowest BCUT2D eigenvalue weighted by Gasteiger charge is -2.32. The molecule has 1 aromatic heterocycles. The maximum atomic E-state index is 12.5. The van der Waals surface area contributed by atoms with Gasteiger partial charge in [-0.1, -0.05) is 0 Å². The quantitative estimate of drug-likeness (QED) is 0.846. The van der Waals surface area contributed by atoms with E-state index in [9.17, 15) is 13.2 Å². The van der Waals surface area contributed by atoms with Crippen molar-refractivity contribution in [3.63, 3.8) is 0 Å². The Morgan fingerprint density at radius 2 is 2.38 bits per heavy atom. The summed E-state index contributed by atoms with van der Waals surface area (Å²) in [6, 6.07) is -0.486. The van der Waals surface area contributed by atoms with Gasteiger partial charge in [0.15, 0.2) is 0 Å². The molecule has 21 heavy (non-hydrogen) atoms. The van der Waals surface area contributed by atoms with E-state index >= 15 is 0 Å². The van der Waals surface area contributed by atoms with E-state index < -0.39 is 16.1 Å². The van der Waals surface area contributed by atoms with Crippen LogP contribution in [-0.4, -0.2) is 61.8 Å². The van der Waals surface area contributed by atoms with Crippen molar-refractivity contribution < 1.29 is 17.9 Å². The molecule has 3 heterocycles. The third kappa shape index (κ3) is 3.10. The van der Waals surface area contributed by atoms with E-state index in [-0.39, 0.29) is 18.1 Å². The van der Waals surface area contributed by atoms with Crippen LogP contribution in [0.5, 0.6) is 0 Å². The molecule has 3 atom stereocenters. The Balaban J connectivity index is 1.83. The number of fused-ring (bicyclic) bond motifs is 1. The fourth-order valence-corrected chi connectivity index (χ4v) is 4.32. The van der Waals surface area contributed by atoms with E-state index in [2.05, 4.69) is 9.71 Å². The summed E-state index contributed by atoms with van der Waals surface area (Å²) in [7, 11) is -3.34. The van der Waals surface area contributed by atoms with Gasteiger partial charge in [-0.2, -0.15) is 0 Å². The highest BCUT2D eigenvalue weighted by Crippen LogP contribution is 2.30. The van der Waals surface area contributed by atoms with Gasteiger partial charge < -0.3 is 9.64 Å². The number of ether oxygens (including phenoxy) is 1. The van der Waals surface area contributed by atoms with Crippen molar-refractivity contribution in [1.29, 1.82) is 0 Å². The first-order valence-electron chi connectivity index (χ1n) is 6.74. The monoisotopic (exact) mass is 331 g/mol. The first-order chi connectivity index (χ1) is 9.96. The summed E-state index contributed by atoms with van der Waals surface area (Å²) in [4.78, 5) is 18.3. The number of carbonyl (C=O) groups is 1. The Morgan fingerprint density at radius 3 is 3.05 bits per heavy atom. The second kappa shape index (κ2) is 5.64. The minimum atomic E-state index is -3.34. The van der Waals surface area contributed by atoms with Crippen molar-refractivity contribution in [1.82, 2.24) is 14.6 Å². The number of thiazole rings is 1. The third-order valence-corrected chi connectivity index (χ3v) is 5.12. The molecule has 1 N–H and O–H groups in total. The van der Waals surface area contributed by atoms with Crippen molar-refractivity contribution in [3.05, 3.63) is 16.6 Å². The van der Waals surface area contributed by atoms with E-state index in [0.717, 1.165) is 19.1 Å². The number of sulfonamides is 1. The fraction of sp³-hybridized carbons (Fsp3) is 0.667. The average molecular weight is 331 g/mol. The van der Waals surface area contributed by atoms with Gasteiger partial charge in [-0.05, 0) is 12.8 Å². The number of amides is 1. The molecule has 2 fully saturated rings. The van der Waals surface area contributed by atoms with Crippen LogP contribution in [-0.2, 0) is 14.8 Å². The zero-order valence-electron chi connectivity index (χ0n) is 11.6. The normalized spacial score (nSPS) is 29.4. The van der Waals surface area contributed by atoms with Crippen molar-refractivity contribution >= 4 is 27.3 Å². The first-order valence-corrected chi connectivity index (χ1v) is 9.57. The van der Waals surface area contributed by atoms with Crippen molar-refractivity contribution in [2.24, 2.45) is 0 Å². The second-order valence-electron chi connectivity index (χ2n) is 5.37. The van der Waals surface area contributed by atoms with Crippen molar-refractivity contribution in [2.75, 3.05) is 19.4 Å². The fourth-order valence-electron chi connectivity index (χ4n) is 3.03. The van der Waals surface area contributed by atoms with E-state index in [1.807, 2.05) is 0 Å². The Kier molecular flexibility index (Phi) is 4.00. The molecule has 0 saturated carbocycles. The molecule has 0 spiro atoms. The number of aromatic nitrogens is 1. The van der Waals surface area contributed by atoms with Gasteiger partial charge in [0.25, 0.3) is 5.91 Å². The maximum absolute atomic E-state index is 12.5. The van der Waals surface area contributed by atoms with Crippen LogP contribution in [0.25, 0.3) is 0 Å². The minimum Gasteiger partial charge on any atom is -0.374 e. The molecule has 116 valence electrons. The Labute approximate surface area is 127 Å². The Bertz CT molecular complexity index is 616. The molecule has 1 amide bonds. The maximum Gasteiger partial charge on any atom is 0.273 e. The van der Waals surface area contributed by atoms with E-state index in [1.54, 1.807) is 15.8 Å².